The van der Waals surface area contributed by atoms with Crippen LogP contribution in [0.2, 0.25) is 0 Å². The lowest BCUT2D eigenvalue weighted by Crippen LogP contribution is -2.28. The van der Waals surface area contributed by atoms with Crippen LogP contribution >= 0.6 is 0 Å². The second-order valence-corrected chi connectivity index (χ2v) is 6.19. The Bertz CT molecular complexity index is 727. The molecular formula is C19H21FN2O2. The summed E-state index contributed by atoms with van der Waals surface area (Å²) in [5, 5.41) is 2.64. The van der Waals surface area contributed by atoms with E-state index in [0.29, 0.717) is 11.3 Å². The lowest BCUT2D eigenvalue weighted by Gasteiger charge is -2.26. The fourth-order valence-corrected chi connectivity index (χ4v) is 2.49. The van der Waals surface area contributed by atoms with Gasteiger partial charge in [-0.05, 0) is 43.9 Å². The minimum atomic E-state index is -0.806. The Kier molecular flexibility index (Phi) is 4.81. The van der Waals surface area contributed by atoms with E-state index in [1.54, 1.807) is 12.1 Å². The van der Waals surface area contributed by atoms with Crippen LogP contribution < -0.4 is 15.8 Å². The molecule has 3 N–H and O–H groups in total. The Morgan fingerprint density at radius 3 is 2.54 bits per heavy atom. The lowest BCUT2D eigenvalue weighted by molar-refractivity contribution is -0.117. The number of amides is 1. The topological polar surface area (TPSA) is 64.4 Å². The Morgan fingerprint density at radius 1 is 1.25 bits per heavy atom. The SMILES string of the molecule is Cc1ccc(C(N)C(=O)Nc2ccc(OC3CCC3)c(F)c2)cc1. The first-order chi connectivity index (χ1) is 11.5. The maximum atomic E-state index is 14.1. The van der Waals surface area contributed by atoms with E-state index in [-0.39, 0.29) is 17.8 Å². The highest BCUT2D eigenvalue weighted by molar-refractivity contribution is 5.95. The number of nitrogens with two attached hydrogens (primary N) is 1. The van der Waals surface area contributed by atoms with Gasteiger partial charge in [0.25, 0.3) is 0 Å². The maximum absolute atomic E-state index is 14.1. The quantitative estimate of drug-likeness (QED) is 0.879. The maximum Gasteiger partial charge on any atom is 0.245 e. The summed E-state index contributed by atoms with van der Waals surface area (Å²) in [7, 11) is 0. The van der Waals surface area contributed by atoms with Gasteiger partial charge in [-0.1, -0.05) is 29.8 Å². The van der Waals surface area contributed by atoms with Crippen LogP contribution in [-0.4, -0.2) is 12.0 Å². The van der Waals surface area contributed by atoms with Crippen LogP contribution in [0.3, 0.4) is 0 Å². The summed E-state index contributed by atoms with van der Waals surface area (Å²) in [6.07, 6.45) is 3.15. The number of hydrogen-bond acceptors (Lipinski definition) is 3. The molecule has 1 saturated carbocycles. The van der Waals surface area contributed by atoms with Crippen LogP contribution in [-0.2, 0) is 4.79 Å². The minimum Gasteiger partial charge on any atom is -0.487 e. The van der Waals surface area contributed by atoms with Crippen molar-refractivity contribution in [2.75, 3.05) is 5.32 Å². The van der Waals surface area contributed by atoms with Crippen molar-refractivity contribution in [3.8, 4) is 5.75 Å². The van der Waals surface area contributed by atoms with Gasteiger partial charge in [0.1, 0.15) is 6.04 Å². The summed E-state index contributed by atoms with van der Waals surface area (Å²) >= 11 is 0. The minimum absolute atomic E-state index is 0.106. The standard InChI is InChI=1S/C19H21FN2O2/c1-12-5-7-13(8-6-12)18(21)19(23)22-14-9-10-17(16(20)11-14)24-15-3-2-4-15/h5-11,15,18H,2-4,21H2,1H3,(H,22,23). The third kappa shape index (κ3) is 3.74. The van der Waals surface area contributed by atoms with Crippen molar-refractivity contribution in [2.45, 2.75) is 38.3 Å². The Balaban J connectivity index is 1.65. The predicted molar refractivity (Wildman–Crippen MR) is 91.4 cm³/mol. The van der Waals surface area contributed by atoms with E-state index in [0.717, 1.165) is 24.8 Å². The number of anilines is 1. The van der Waals surface area contributed by atoms with E-state index in [4.69, 9.17) is 10.5 Å². The van der Waals surface area contributed by atoms with Gasteiger partial charge in [-0.3, -0.25) is 4.79 Å². The Morgan fingerprint density at radius 2 is 1.96 bits per heavy atom. The van der Waals surface area contributed by atoms with Gasteiger partial charge in [0, 0.05) is 11.8 Å². The molecule has 0 spiro atoms. The van der Waals surface area contributed by atoms with E-state index >= 15 is 0 Å². The number of aryl methyl sites for hydroxylation is 1. The normalized spacial score (nSPS) is 15.5. The van der Waals surface area contributed by atoms with Crippen LogP contribution in [0.15, 0.2) is 42.5 Å². The molecule has 0 aliphatic heterocycles. The van der Waals surface area contributed by atoms with Gasteiger partial charge in [0.15, 0.2) is 11.6 Å². The second kappa shape index (κ2) is 7.01. The van der Waals surface area contributed by atoms with Crippen LogP contribution in [0.1, 0.15) is 36.4 Å². The van der Waals surface area contributed by atoms with Gasteiger partial charge >= 0.3 is 0 Å². The van der Waals surface area contributed by atoms with E-state index in [1.807, 2.05) is 31.2 Å². The predicted octanol–water partition coefficient (Wildman–Crippen LogP) is 3.70. The van der Waals surface area contributed by atoms with Crippen molar-refractivity contribution < 1.29 is 13.9 Å². The zero-order valence-corrected chi connectivity index (χ0v) is 13.6. The summed E-state index contributed by atoms with van der Waals surface area (Å²) in [6, 6.07) is 11.0. The van der Waals surface area contributed by atoms with Crippen molar-refractivity contribution >= 4 is 11.6 Å². The smallest absolute Gasteiger partial charge is 0.245 e. The number of carbonyl (C=O) groups excluding carboxylic acids is 1. The van der Waals surface area contributed by atoms with E-state index in [1.165, 1.54) is 6.07 Å². The molecule has 1 amide bonds. The van der Waals surface area contributed by atoms with Crippen LogP contribution in [0.5, 0.6) is 5.75 Å². The molecule has 126 valence electrons. The van der Waals surface area contributed by atoms with Crippen molar-refractivity contribution in [1.29, 1.82) is 0 Å². The number of halogens is 1. The van der Waals surface area contributed by atoms with Crippen molar-refractivity contribution in [1.82, 2.24) is 0 Å². The van der Waals surface area contributed by atoms with Gasteiger partial charge in [-0.15, -0.1) is 0 Å². The van der Waals surface area contributed by atoms with Crippen molar-refractivity contribution in [3.63, 3.8) is 0 Å². The molecule has 2 aromatic carbocycles. The highest BCUT2D eigenvalue weighted by Gasteiger charge is 2.21. The largest absolute Gasteiger partial charge is 0.487 e. The van der Waals surface area contributed by atoms with E-state index in [9.17, 15) is 9.18 Å². The Labute approximate surface area is 140 Å². The first kappa shape index (κ1) is 16.5. The monoisotopic (exact) mass is 328 g/mol. The summed E-state index contributed by atoms with van der Waals surface area (Å²) in [5.74, 6) is -0.643. The van der Waals surface area contributed by atoms with Gasteiger partial charge < -0.3 is 15.8 Å². The number of hydrogen-bond donors (Lipinski definition) is 2. The number of carbonyl (C=O) groups is 1. The fraction of sp³-hybridized carbons (Fsp3) is 0.316. The molecule has 1 aliphatic rings. The molecule has 1 aliphatic carbocycles. The molecule has 1 unspecified atom stereocenters. The molecular weight excluding hydrogens is 307 g/mol. The highest BCUT2D eigenvalue weighted by atomic mass is 19.1. The molecule has 0 heterocycles. The number of benzene rings is 2. The summed E-state index contributed by atoms with van der Waals surface area (Å²) in [6.45, 7) is 1.96. The van der Waals surface area contributed by atoms with Crippen LogP contribution in [0, 0.1) is 12.7 Å². The molecule has 5 heteroatoms. The average molecular weight is 328 g/mol. The van der Waals surface area contributed by atoms with Gasteiger partial charge in [0.2, 0.25) is 5.91 Å². The highest BCUT2D eigenvalue weighted by Crippen LogP contribution is 2.28. The summed E-state index contributed by atoms with van der Waals surface area (Å²) in [4.78, 5) is 12.2. The van der Waals surface area contributed by atoms with Gasteiger partial charge in [-0.2, -0.15) is 0 Å². The first-order valence-electron chi connectivity index (χ1n) is 8.12. The molecule has 1 fully saturated rings. The Hall–Kier alpha value is -2.40. The molecule has 3 rings (SSSR count). The third-order valence-electron chi connectivity index (χ3n) is 4.26. The first-order valence-corrected chi connectivity index (χ1v) is 8.12. The molecule has 0 aromatic heterocycles. The second-order valence-electron chi connectivity index (χ2n) is 6.19. The van der Waals surface area contributed by atoms with Crippen LogP contribution in [0.4, 0.5) is 10.1 Å². The van der Waals surface area contributed by atoms with Gasteiger partial charge in [-0.25, -0.2) is 4.39 Å². The lowest BCUT2D eigenvalue weighted by atomic mass is 9.96. The van der Waals surface area contributed by atoms with Crippen molar-refractivity contribution in [2.24, 2.45) is 5.73 Å². The third-order valence-corrected chi connectivity index (χ3v) is 4.26. The summed E-state index contributed by atoms with van der Waals surface area (Å²) < 4.78 is 19.6. The number of ether oxygens (including phenoxy) is 1. The zero-order chi connectivity index (χ0) is 17.1. The molecule has 4 nitrogen and oxygen atoms in total. The van der Waals surface area contributed by atoms with E-state index < -0.39 is 11.9 Å². The van der Waals surface area contributed by atoms with Crippen molar-refractivity contribution in [3.05, 3.63) is 59.4 Å². The van der Waals surface area contributed by atoms with E-state index in [2.05, 4.69) is 5.32 Å². The number of rotatable bonds is 5. The summed E-state index contributed by atoms with van der Waals surface area (Å²) in [5.41, 5.74) is 8.13. The van der Waals surface area contributed by atoms with Gasteiger partial charge in [0.05, 0.1) is 6.10 Å². The molecule has 2 aromatic rings. The number of nitrogens with one attached hydrogen (secondary N) is 1. The molecule has 0 bridgehead atoms. The van der Waals surface area contributed by atoms with Crippen LogP contribution in [0.25, 0.3) is 0 Å². The molecule has 0 saturated heterocycles. The fourth-order valence-electron chi connectivity index (χ4n) is 2.49. The molecule has 0 radical (unpaired) electrons. The molecule has 24 heavy (non-hydrogen) atoms. The molecule has 1 atom stereocenters. The average Bonchev–Trinajstić information content (AvgIpc) is 2.52. The zero-order valence-electron chi connectivity index (χ0n) is 13.6.